The Hall–Kier alpha value is -1.60. The fraction of sp³-hybridized carbons (Fsp3) is 0.462. The Bertz CT molecular complexity index is 746. The molecule has 0 saturated carbocycles. The molecule has 2 rings (SSSR count). The molecule has 0 radical (unpaired) electrons. The number of H-pyrrole nitrogens is 2. The second-order valence-electron chi connectivity index (χ2n) is 5.04. The molecule has 20 heavy (non-hydrogen) atoms. The largest absolute Gasteiger partial charge is 0.323 e. The highest BCUT2D eigenvalue weighted by Gasteiger charge is 2.08. The molecule has 0 aliphatic rings. The molecule has 0 amide bonds. The van der Waals surface area contributed by atoms with Crippen molar-refractivity contribution in [3.05, 3.63) is 34.2 Å². The average Bonchev–Trinajstić information content (AvgIpc) is 2.72. The van der Waals surface area contributed by atoms with Crippen molar-refractivity contribution in [2.24, 2.45) is 0 Å². The first-order chi connectivity index (χ1) is 9.35. The van der Waals surface area contributed by atoms with Gasteiger partial charge in [0.1, 0.15) is 9.84 Å². The predicted octanol–water partition coefficient (Wildman–Crippen LogP) is 0.942. The van der Waals surface area contributed by atoms with Crippen molar-refractivity contribution in [3.63, 3.8) is 0 Å². The fourth-order valence-electron chi connectivity index (χ4n) is 2.09. The molecule has 0 aliphatic heterocycles. The molecule has 0 saturated heterocycles. The van der Waals surface area contributed by atoms with Gasteiger partial charge < -0.3 is 15.3 Å². The Labute approximate surface area is 117 Å². The number of hydrogen-bond acceptors (Lipinski definition) is 4. The maximum atomic E-state index is 11.2. The number of rotatable bonds is 6. The Kier molecular flexibility index (Phi) is 4.29. The minimum atomic E-state index is -2.90. The van der Waals surface area contributed by atoms with Gasteiger partial charge in [0.25, 0.3) is 0 Å². The highest BCUT2D eigenvalue weighted by atomic mass is 32.2. The summed E-state index contributed by atoms with van der Waals surface area (Å²) >= 11 is 0. The maximum absolute atomic E-state index is 11.2. The number of hydrogen-bond donors (Lipinski definition) is 3. The van der Waals surface area contributed by atoms with E-state index in [1.165, 1.54) is 6.26 Å². The third-order valence-corrected chi connectivity index (χ3v) is 4.21. The zero-order valence-electron chi connectivity index (χ0n) is 11.6. The van der Waals surface area contributed by atoms with Crippen LogP contribution in [0.2, 0.25) is 0 Å². The van der Waals surface area contributed by atoms with E-state index >= 15 is 0 Å². The topological polar surface area (TPSA) is 94.8 Å². The lowest BCUT2D eigenvalue weighted by Crippen LogP contribution is -2.21. The summed E-state index contributed by atoms with van der Waals surface area (Å²) in [7, 11) is -2.90. The Morgan fingerprint density at radius 2 is 1.95 bits per heavy atom. The van der Waals surface area contributed by atoms with Gasteiger partial charge in [-0.05, 0) is 37.6 Å². The number of sulfone groups is 1. The monoisotopic (exact) mass is 297 g/mol. The van der Waals surface area contributed by atoms with Crippen molar-refractivity contribution >= 4 is 20.9 Å². The fourth-order valence-corrected chi connectivity index (χ4v) is 2.76. The lowest BCUT2D eigenvalue weighted by molar-refractivity contribution is 0.562. The lowest BCUT2D eigenvalue weighted by atomic mass is 10.1. The summed E-state index contributed by atoms with van der Waals surface area (Å²) < 4.78 is 22.1. The van der Waals surface area contributed by atoms with E-state index in [1.807, 2.05) is 25.1 Å². The molecule has 1 aromatic carbocycles. The van der Waals surface area contributed by atoms with E-state index in [0.717, 1.165) is 16.6 Å². The van der Waals surface area contributed by atoms with Gasteiger partial charge in [0.15, 0.2) is 0 Å². The predicted molar refractivity (Wildman–Crippen MR) is 79.7 cm³/mol. The molecular weight excluding hydrogens is 278 g/mol. The van der Waals surface area contributed by atoms with E-state index in [1.54, 1.807) is 0 Å². The van der Waals surface area contributed by atoms with E-state index in [4.69, 9.17) is 0 Å². The highest BCUT2D eigenvalue weighted by Crippen LogP contribution is 2.16. The molecule has 0 spiro atoms. The first-order valence-electron chi connectivity index (χ1n) is 6.48. The lowest BCUT2D eigenvalue weighted by Gasteiger charge is -2.14. The van der Waals surface area contributed by atoms with Gasteiger partial charge in [-0.15, -0.1) is 0 Å². The molecule has 3 N–H and O–H groups in total. The van der Waals surface area contributed by atoms with Gasteiger partial charge in [-0.1, -0.05) is 6.07 Å². The average molecular weight is 297 g/mol. The standard InChI is InChI=1S/C13H19N3O3S/c1-9(14-6-3-7-20(2,18)19)10-4-5-11-12(8-10)16-13(17)15-11/h4-5,8-9,14H,3,6-7H2,1-2H3,(H2,15,16,17). The molecule has 1 heterocycles. The van der Waals surface area contributed by atoms with Gasteiger partial charge in [-0.25, -0.2) is 13.2 Å². The highest BCUT2D eigenvalue weighted by molar-refractivity contribution is 7.90. The summed E-state index contributed by atoms with van der Waals surface area (Å²) in [5.74, 6) is 0.191. The van der Waals surface area contributed by atoms with Crippen LogP contribution in [0.3, 0.4) is 0 Å². The summed E-state index contributed by atoms with van der Waals surface area (Å²) in [4.78, 5) is 16.6. The molecule has 7 heteroatoms. The van der Waals surface area contributed by atoms with Crippen molar-refractivity contribution in [2.45, 2.75) is 19.4 Å². The first-order valence-corrected chi connectivity index (χ1v) is 8.54. The van der Waals surface area contributed by atoms with Crippen molar-refractivity contribution in [1.82, 2.24) is 15.3 Å². The molecule has 0 aliphatic carbocycles. The van der Waals surface area contributed by atoms with E-state index in [2.05, 4.69) is 15.3 Å². The molecule has 1 aromatic heterocycles. The third-order valence-electron chi connectivity index (χ3n) is 3.18. The second-order valence-corrected chi connectivity index (χ2v) is 7.30. The molecule has 1 atom stereocenters. The number of aromatic amines is 2. The van der Waals surface area contributed by atoms with Crippen molar-refractivity contribution in [2.75, 3.05) is 18.6 Å². The SMILES string of the molecule is CC(NCCCS(C)(=O)=O)c1ccc2[nH]c(=O)[nH]c2c1. The van der Waals surface area contributed by atoms with Gasteiger partial charge >= 0.3 is 5.69 Å². The summed E-state index contributed by atoms with van der Waals surface area (Å²) in [6.45, 7) is 2.64. The minimum absolute atomic E-state index is 0.0948. The number of nitrogens with one attached hydrogen (secondary N) is 3. The van der Waals surface area contributed by atoms with Crippen LogP contribution in [0.4, 0.5) is 0 Å². The number of fused-ring (bicyclic) bond motifs is 1. The van der Waals surface area contributed by atoms with Crippen LogP contribution in [0, 0.1) is 0 Å². The Morgan fingerprint density at radius 3 is 2.65 bits per heavy atom. The smallest absolute Gasteiger partial charge is 0.310 e. The van der Waals surface area contributed by atoms with Gasteiger partial charge in [-0.2, -0.15) is 0 Å². The molecule has 1 unspecified atom stereocenters. The number of benzene rings is 1. The van der Waals surface area contributed by atoms with E-state index in [0.29, 0.717) is 13.0 Å². The molecule has 0 fully saturated rings. The van der Waals surface area contributed by atoms with Crippen molar-refractivity contribution in [1.29, 1.82) is 0 Å². The van der Waals surface area contributed by atoms with E-state index in [-0.39, 0.29) is 17.5 Å². The van der Waals surface area contributed by atoms with Gasteiger partial charge in [-0.3, -0.25) is 0 Å². The minimum Gasteiger partial charge on any atom is -0.310 e. The van der Waals surface area contributed by atoms with Crippen molar-refractivity contribution in [3.8, 4) is 0 Å². The molecule has 6 nitrogen and oxygen atoms in total. The number of aromatic nitrogens is 2. The second kappa shape index (κ2) is 5.80. The van der Waals surface area contributed by atoms with Crippen molar-refractivity contribution < 1.29 is 8.42 Å². The van der Waals surface area contributed by atoms with Crippen LogP contribution in [0.25, 0.3) is 11.0 Å². The van der Waals surface area contributed by atoms with Gasteiger partial charge in [0.05, 0.1) is 16.8 Å². The van der Waals surface area contributed by atoms with E-state index in [9.17, 15) is 13.2 Å². The molecule has 110 valence electrons. The quantitative estimate of drug-likeness (QED) is 0.692. The molecule has 0 bridgehead atoms. The van der Waals surface area contributed by atoms with E-state index < -0.39 is 9.84 Å². The number of imidazole rings is 1. The normalized spacial score (nSPS) is 13.7. The Morgan fingerprint density at radius 1 is 1.25 bits per heavy atom. The summed E-state index contributed by atoms with van der Waals surface area (Å²) in [6.07, 6.45) is 1.83. The van der Waals surface area contributed by atoms with Crippen LogP contribution < -0.4 is 11.0 Å². The first kappa shape index (κ1) is 14.8. The third kappa shape index (κ3) is 3.94. The van der Waals surface area contributed by atoms with Gasteiger partial charge in [0.2, 0.25) is 0 Å². The zero-order valence-corrected chi connectivity index (χ0v) is 12.4. The molecular formula is C13H19N3O3S. The zero-order chi connectivity index (χ0) is 14.8. The maximum Gasteiger partial charge on any atom is 0.323 e. The van der Waals surface area contributed by atoms with Crippen LogP contribution in [-0.2, 0) is 9.84 Å². The van der Waals surface area contributed by atoms with Crippen LogP contribution in [0.1, 0.15) is 24.9 Å². The van der Waals surface area contributed by atoms with Crippen LogP contribution in [-0.4, -0.2) is 36.9 Å². The summed E-state index contributed by atoms with van der Waals surface area (Å²) in [6, 6.07) is 5.82. The molecule has 2 aromatic rings. The summed E-state index contributed by atoms with van der Waals surface area (Å²) in [5, 5.41) is 3.28. The van der Waals surface area contributed by atoms with Crippen LogP contribution in [0.15, 0.2) is 23.0 Å². The summed E-state index contributed by atoms with van der Waals surface area (Å²) in [5.41, 5.74) is 2.39. The van der Waals surface area contributed by atoms with Crippen LogP contribution >= 0.6 is 0 Å². The van der Waals surface area contributed by atoms with Gasteiger partial charge in [0, 0.05) is 12.3 Å². The Balaban J connectivity index is 1.96. The van der Waals surface area contributed by atoms with Crippen LogP contribution in [0.5, 0.6) is 0 Å².